The molecule has 1 aliphatic rings. The van der Waals surface area contributed by atoms with Crippen LogP contribution in [0, 0.1) is 17.8 Å². The first kappa shape index (κ1) is 21.0. The predicted octanol–water partition coefficient (Wildman–Crippen LogP) is 5.64. The van der Waals surface area contributed by atoms with E-state index in [-0.39, 0.29) is 35.9 Å². The highest BCUT2D eigenvalue weighted by atomic mass is 35.5. The van der Waals surface area contributed by atoms with Crippen LogP contribution in [-0.4, -0.2) is 16.9 Å². The number of hydrogen-bond acceptors (Lipinski definition) is 2. The number of carbonyl (C=O) groups is 2. The van der Waals surface area contributed by atoms with E-state index in [9.17, 15) is 14.7 Å². The van der Waals surface area contributed by atoms with Crippen molar-refractivity contribution in [1.29, 1.82) is 0 Å². The number of halogens is 2. The normalized spacial score (nSPS) is 21.6. The van der Waals surface area contributed by atoms with Gasteiger partial charge < -0.3 is 5.11 Å². The molecule has 1 aromatic rings. The van der Waals surface area contributed by atoms with Gasteiger partial charge in [-0.15, -0.1) is 12.4 Å². The molecular weight excluding hydrogens is 347 g/mol. The minimum absolute atomic E-state index is 0. The number of aliphatic carboxylic acids is 1. The van der Waals surface area contributed by atoms with Crippen LogP contribution in [0.3, 0.4) is 0 Å². The molecular formula is C19H26Cl2O3. The molecule has 0 heterocycles. The second-order valence-electron chi connectivity index (χ2n) is 6.57. The molecule has 1 aliphatic carbocycles. The van der Waals surface area contributed by atoms with E-state index in [1.54, 1.807) is 24.3 Å². The van der Waals surface area contributed by atoms with Crippen molar-refractivity contribution in [3.63, 3.8) is 0 Å². The fourth-order valence-corrected chi connectivity index (χ4v) is 3.74. The van der Waals surface area contributed by atoms with Gasteiger partial charge in [-0.2, -0.15) is 0 Å². The zero-order chi connectivity index (χ0) is 16.8. The van der Waals surface area contributed by atoms with Crippen molar-refractivity contribution in [3.05, 3.63) is 34.9 Å². The molecule has 1 unspecified atom stereocenters. The molecule has 0 saturated heterocycles. The van der Waals surface area contributed by atoms with Crippen molar-refractivity contribution in [1.82, 2.24) is 0 Å². The number of ketones is 1. The maximum absolute atomic E-state index is 12.5. The van der Waals surface area contributed by atoms with Crippen LogP contribution in [0.4, 0.5) is 0 Å². The van der Waals surface area contributed by atoms with Crippen LogP contribution in [0.2, 0.25) is 5.02 Å². The summed E-state index contributed by atoms with van der Waals surface area (Å²) in [6.45, 7) is 2.08. The molecule has 2 rings (SSSR count). The van der Waals surface area contributed by atoms with Crippen LogP contribution in [-0.2, 0) is 4.79 Å². The molecule has 1 aromatic carbocycles. The van der Waals surface area contributed by atoms with Crippen LogP contribution >= 0.6 is 24.0 Å². The summed E-state index contributed by atoms with van der Waals surface area (Å²) in [5.41, 5.74) is 0.707. The molecule has 5 heteroatoms. The Morgan fingerprint density at radius 1 is 1.17 bits per heavy atom. The van der Waals surface area contributed by atoms with Crippen LogP contribution in [0.5, 0.6) is 0 Å². The van der Waals surface area contributed by atoms with E-state index in [2.05, 4.69) is 6.92 Å². The molecule has 1 N–H and O–H groups in total. The third kappa shape index (κ3) is 5.49. The summed E-state index contributed by atoms with van der Waals surface area (Å²) in [4.78, 5) is 24.0. The number of hydrogen-bond donors (Lipinski definition) is 1. The Balaban J connectivity index is 0.00000288. The topological polar surface area (TPSA) is 54.4 Å². The lowest BCUT2D eigenvalue weighted by atomic mass is 9.72. The van der Waals surface area contributed by atoms with Gasteiger partial charge in [-0.05, 0) is 62.3 Å². The zero-order valence-electron chi connectivity index (χ0n) is 14.0. The summed E-state index contributed by atoms with van der Waals surface area (Å²) < 4.78 is 0. The molecule has 1 fully saturated rings. The van der Waals surface area contributed by atoms with Gasteiger partial charge in [0.1, 0.15) is 0 Å². The Labute approximate surface area is 155 Å². The van der Waals surface area contributed by atoms with E-state index in [0.29, 0.717) is 10.6 Å². The average molecular weight is 373 g/mol. The molecule has 0 radical (unpaired) electrons. The van der Waals surface area contributed by atoms with Crippen molar-refractivity contribution >= 4 is 35.8 Å². The summed E-state index contributed by atoms with van der Waals surface area (Å²) in [5, 5.41) is 10.1. The molecule has 3 nitrogen and oxygen atoms in total. The highest BCUT2D eigenvalue weighted by Gasteiger charge is 2.33. The van der Waals surface area contributed by atoms with E-state index in [1.165, 1.54) is 0 Å². The molecule has 0 aromatic heterocycles. The van der Waals surface area contributed by atoms with Gasteiger partial charge in [-0.1, -0.05) is 31.4 Å². The molecule has 0 bridgehead atoms. The molecule has 1 saturated carbocycles. The number of rotatable bonds is 7. The van der Waals surface area contributed by atoms with Crippen LogP contribution < -0.4 is 0 Å². The summed E-state index contributed by atoms with van der Waals surface area (Å²) in [5.74, 6) is -0.519. The lowest BCUT2D eigenvalue weighted by Crippen LogP contribution is -2.30. The number of unbranched alkanes of at least 4 members (excludes halogenated alkanes) is 1. The van der Waals surface area contributed by atoms with Crippen LogP contribution in [0.1, 0.15) is 62.2 Å². The summed E-state index contributed by atoms with van der Waals surface area (Å²) >= 11 is 5.86. The highest BCUT2D eigenvalue weighted by Crippen LogP contribution is 2.37. The lowest BCUT2D eigenvalue weighted by Gasteiger charge is -2.31. The summed E-state index contributed by atoms with van der Waals surface area (Å²) in [6, 6.07) is 7.04. The molecule has 134 valence electrons. The second-order valence-corrected chi connectivity index (χ2v) is 7.01. The van der Waals surface area contributed by atoms with Gasteiger partial charge in [0, 0.05) is 16.5 Å². The SMILES string of the molecule is CCCCC(C(=O)O)C1CCC(C(=O)c2ccc(Cl)cc2)CC1.Cl. The summed E-state index contributed by atoms with van der Waals surface area (Å²) in [6.07, 6.45) is 6.00. The average Bonchev–Trinajstić information content (AvgIpc) is 2.55. The predicted molar refractivity (Wildman–Crippen MR) is 99.1 cm³/mol. The minimum atomic E-state index is -0.675. The first-order valence-corrected chi connectivity index (χ1v) is 8.93. The zero-order valence-corrected chi connectivity index (χ0v) is 15.6. The molecule has 1 atom stereocenters. The van der Waals surface area contributed by atoms with E-state index >= 15 is 0 Å². The second kappa shape index (κ2) is 10.0. The Morgan fingerprint density at radius 2 is 1.75 bits per heavy atom. The molecule has 0 amide bonds. The van der Waals surface area contributed by atoms with Crippen molar-refractivity contribution in [2.75, 3.05) is 0 Å². The van der Waals surface area contributed by atoms with Gasteiger partial charge in [0.25, 0.3) is 0 Å². The molecule has 0 aliphatic heterocycles. The van der Waals surface area contributed by atoms with Gasteiger partial charge in [0.2, 0.25) is 0 Å². The Hall–Kier alpha value is -1.06. The first-order chi connectivity index (χ1) is 11.0. The quantitative estimate of drug-likeness (QED) is 0.629. The number of carboxylic acid groups (broad SMARTS) is 1. The Kier molecular flexibility index (Phi) is 8.79. The van der Waals surface area contributed by atoms with Gasteiger partial charge >= 0.3 is 5.97 Å². The number of Topliss-reactive ketones (excluding diaryl/α,β-unsaturated/α-hetero) is 1. The Bertz CT molecular complexity index is 534. The minimum Gasteiger partial charge on any atom is -0.481 e. The van der Waals surface area contributed by atoms with E-state index in [0.717, 1.165) is 44.9 Å². The molecule has 0 spiro atoms. The van der Waals surface area contributed by atoms with E-state index < -0.39 is 5.97 Å². The lowest BCUT2D eigenvalue weighted by molar-refractivity contribution is -0.144. The number of benzene rings is 1. The van der Waals surface area contributed by atoms with Gasteiger partial charge in [0.05, 0.1) is 5.92 Å². The largest absolute Gasteiger partial charge is 0.481 e. The van der Waals surface area contributed by atoms with E-state index in [4.69, 9.17) is 11.6 Å². The standard InChI is InChI=1S/C19H25ClO3.ClH/c1-2-3-4-17(19(22)23)13-5-7-14(8-6-13)18(21)15-9-11-16(20)12-10-15;/h9-14,17H,2-8H2,1H3,(H,22,23);1H. The van der Waals surface area contributed by atoms with Crippen molar-refractivity contribution in [2.24, 2.45) is 17.8 Å². The fourth-order valence-electron chi connectivity index (χ4n) is 3.62. The maximum Gasteiger partial charge on any atom is 0.306 e. The van der Waals surface area contributed by atoms with Crippen molar-refractivity contribution in [3.8, 4) is 0 Å². The maximum atomic E-state index is 12.5. The van der Waals surface area contributed by atoms with Gasteiger partial charge in [-0.25, -0.2) is 0 Å². The van der Waals surface area contributed by atoms with Crippen molar-refractivity contribution in [2.45, 2.75) is 51.9 Å². The smallest absolute Gasteiger partial charge is 0.306 e. The van der Waals surface area contributed by atoms with Gasteiger partial charge in [0.15, 0.2) is 5.78 Å². The van der Waals surface area contributed by atoms with Crippen molar-refractivity contribution < 1.29 is 14.7 Å². The Morgan fingerprint density at radius 3 is 2.25 bits per heavy atom. The van der Waals surface area contributed by atoms with Crippen LogP contribution in [0.25, 0.3) is 0 Å². The van der Waals surface area contributed by atoms with Gasteiger partial charge in [-0.3, -0.25) is 9.59 Å². The first-order valence-electron chi connectivity index (χ1n) is 8.55. The highest BCUT2D eigenvalue weighted by molar-refractivity contribution is 6.30. The van der Waals surface area contributed by atoms with E-state index in [1.807, 2.05) is 0 Å². The third-order valence-corrected chi connectivity index (χ3v) is 5.28. The molecule has 24 heavy (non-hydrogen) atoms. The number of carboxylic acids is 1. The fraction of sp³-hybridized carbons (Fsp3) is 0.579. The number of carbonyl (C=O) groups excluding carboxylic acids is 1. The monoisotopic (exact) mass is 372 g/mol. The van der Waals surface area contributed by atoms with Crippen LogP contribution in [0.15, 0.2) is 24.3 Å². The third-order valence-electron chi connectivity index (χ3n) is 5.03. The summed E-state index contributed by atoms with van der Waals surface area (Å²) in [7, 11) is 0.